The van der Waals surface area contributed by atoms with Crippen molar-refractivity contribution >= 4 is 22.4 Å². The molecule has 1 aliphatic rings. The minimum atomic E-state index is -0.654. The third-order valence-corrected chi connectivity index (χ3v) is 3.65. The van der Waals surface area contributed by atoms with Gasteiger partial charge in [0.05, 0.1) is 5.92 Å². The van der Waals surface area contributed by atoms with Crippen molar-refractivity contribution in [2.24, 2.45) is 11.8 Å². The molecular formula is C10H14N2O2S. The molecule has 2 rings (SSSR count). The summed E-state index contributed by atoms with van der Waals surface area (Å²) in [4.78, 5) is 15.0. The molecule has 1 fully saturated rings. The predicted octanol–water partition coefficient (Wildman–Crippen LogP) is 2.06. The largest absolute Gasteiger partial charge is 0.481 e. The van der Waals surface area contributed by atoms with Gasteiger partial charge in [-0.1, -0.05) is 6.42 Å². The summed E-state index contributed by atoms with van der Waals surface area (Å²) >= 11 is 1.55. The third kappa shape index (κ3) is 2.47. The van der Waals surface area contributed by atoms with Crippen molar-refractivity contribution in [3.05, 3.63) is 11.6 Å². The first-order chi connectivity index (χ1) is 7.27. The number of carboxylic acids is 1. The molecule has 5 heteroatoms. The molecule has 1 aromatic rings. The van der Waals surface area contributed by atoms with E-state index in [1.54, 1.807) is 17.5 Å². The Hall–Kier alpha value is -1.10. The summed E-state index contributed by atoms with van der Waals surface area (Å²) in [5.74, 6) is -0.567. The van der Waals surface area contributed by atoms with Gasteiger partial charge in [0.25, 0.3) is 0 Å². The summed E-state index contributed by atoms with van der Waals surface area (Å²) in [5.41, 5.74) is 0. The maximum Gasteiger partial charge on any atom is 0.306 e. The van der Waals surface area contributed by atoms with Gasteiger partial charge >= 0.3 is 5.97 Å². The van der Waals surface area contributed by atoms with Crippen molar-refractivity contribution in [3.8, 4) is 0 Å². The minimum Gasteiger partial charge on any atom is -0.481 e. The smallest absolute Gasteiger partial charge is 0.306 e. The number of aromatic nitrogens is 1. The number of thiazole rings is 1. The van der Waals surface area contributed by atoms with Gasteiger partial charge in [0.1, 0.15) is 0 Å². The molecular weight excluding hydrogens is 212 g/mol. The van der Waals surface area contributed by atoms with Gasteiger partial charge in [-0.05, 0) is 18.8 Å². The number of anilines is 1. The first kappa shape index (κ1) is 10.4. The lowest BCUT2D eigenvalue weighted by atomic mass is 9.96. The molecule has 0 aromatic carbocycles. The van der Waals surface area contributed by atoms with Gasteiger partial charge in [0.2, 0.25) is 0 Å². The van der Waals surface area contributed by atoms with Gasteiger partial charge in [-0.25, -0.2) is 4.98 Å². The van der Waals surface area contributed by atoms with Crippen LogP contribution in [0.2, 0.25) is 0 Å². The fourth-order valence-corrected chi connectivity index (χ4v) is 2.67. The van der Waals surface area contributed by atoms with Crippen molar-refractivity contribution in [2.75, 3.05) is 11.9 Å². The van der Waals surface area contributed by atoms with Gasteiger partial charge in [0.15, 0.2) is 5.13 Å². The van der Waals surface area contributed by atoms with Crippen LogP contribution in [-0.4, -0.2) is 22.6 Å². The lowest BCUT2D eigenvalue weighted by molar-refractivity contribution is -0.142. The van der Waals surface area contributed by atoms with E-state index in [9.17, 15) is 4.79 Å². The minimum absolute atomic E-state index is 0.169. The van der Waals surface area contributed by atoms with Crippen LogP contribution in [0.5, 0.6) is 0 Å². The highest BCUT2D eigenvalue weighted by molar-refractivity contribution is 7.13. The summed E-state index contributed by atoms with van der Waals surface area (Å²) in [7, 11) is 0. The van der Waals surface area contributed by atoms with E-state index in [4.69, 9.17) is 5.11 Å². The molecule has 2 atom stereocenters. The number of nitrogens with zero attached hydrogens (tertiary/aromatic N) is 1. The Kier molecular flexibility index (Phi) is 3.20. The highest BCUT2D eigenvalue weighted by Gasteiger charge is 2.32. The first-order valence-corrected chi connectivity index (χ1v) is 6.01. The van der Waals surface area contributed by atoms with Crippen LogP contribution >= 0.6 is 11.3 Å². The lowest BCUT2D eigenvalue weighted by Crippen LogP contribution is -2.24. The maximum atomic E-state index is 10.9. The van der Waals surface area contributed by atoms with E-state index >= 15 is 0 Å². The zero-order valence-electron chi connectivity index (χ0n) is 8.35. The summed E-state index contributed by atoms with van der Waals surface area (Å²) in [6.07, 6.45) is 4.60. The molecule has 0 spiro atoms. The van der Waals surface area contributed by atoms with E-state index in [1.165, 1.54) is 0 Å². The normalized spacial score (nSPS) is 25.3. The molecule has 0 bridgehead atoms. The molecule has 2 N–H and O–H groups in total. The summed E-state index contributed by atoms with van der Waals surface area (Å²) < 4.78 is 0. The Morgan fingerprint density at radius 1 is 1.67 bits per heavy atom. The SMILES string of the molecule is O=C(O)[C@@H]1CCC[C@@H]1CNc1nccs1. The van der Waals surface area contributed by atoms with E-state index in [0.717, 1.165) is 30.9 Å². The average molecular weight is 226 g/mol. The lowest BCUT2D eigenvalue weighted by Gasteiger charge is -2.15. The van der Waals surface area contributed by atoms with Crippen LogP contribution in [-0.2, 0) is 4.79 Å². The molecule has 0 aliphatic heterocycles. The van der Waals surface area contributed by atoms with Crippen LogP contribution in [0.4, 0.5) is 5.13 Å². The van der Waals surface area contributed by atoms with Crippen molar-refractivity contribution < 1.29 is 9.90 Å². The van der Waals surface area contributed by atoms with Crippen LogP contribution in [0, 0.1) is 11.8 Å². The summed E-state index contributed by atoms with van der Waals surface area (Å²) in [6.45, 7) is 0.727. The average Bonchev–Trinajstić information content (AvgIpc) is 2.86. The maximum absolute atomic E-state index is 10.9. The van der Waals surface area contributed by atoms with E-state index < -0.39 is 5.97 Å². The quantitative estimate of drug-likeness (QED) is 0.825. The summed E-state index contributed by atoms with van der Waals surface area (Å²) in [6, 6.07) is 0. The number of rotatable bonds is 4. The zero-order valence-corrected chi connectivity index (χ0v) is 9.17. The Morgan fingerprint density at radius 3 is 3.20 bits per heavy atom. The van der Waals surface area contributed by atoms with Crippen molar-refractivity contribution in [1.82, 2.24) is 4.98 Å². The van der Waals surface area contributed by atoms with Crippen molar-refractivity contribution in [2.45, 2.75) is 19.3 Å². The standard InChI is InChI=1S/C10H14N2O2S/c13-9(14)8-3-1-2-7(8)6-12-10-11-4-5-15-10/h4-5,7-8H,1-3,6H2,(H,11,12)(H,13,14)/t7-,8-/m1/s1. The summed E-state index contributed by atoms with van der Waals surface area (Å²) in [5, 5.41) is 15.0. The highest BCUT2D eigenvalue weighted by atomic mass is 32.1. The van der Waals surface area contributed by atoms with Crippen LogP contribution in [0.1, 0.15) is 19.3 Å². The van der Waals surface area contributed by atoms with E-state index in [-0.39, 0.29) is 11.8 Å². The van der Waals surface area contributed by atoms with Crippen LogP contribution in [0.3, 0.4) is 0 Å². The molecule has 1 aromatic heterocycles. The molecule has 0 amide bonds. The molecule has 1 heterocycles. The van der Waals surface area contributed by atoms with Gasteiger partial charge in [0, 0.05) is 18.1 Å². The van der Waals surface area contributed by atoms with Crippen molar-refractivity contribution in [1.29, 1.82) is 0 Å². The Bertz CT molecular complexity index is 326. The van der Waals surface area contributed by atoms with Crippen molar-refractivity contribution in [3.63, 3.8) is 0 Å². The molecule has 1 aliphatic carbocycles. The molecule has 0 radical (unpaired) electrons. The number of aliphatic carboxylic acids is 1. The number of hydrogen-bond donors (Lipinski definition) is 2. The monoisotopic (exact) mass is 226 g/mol. The van der Waals surface area contributed by atoms with E-state index in [0.29, 0.717) is 0 Å². The number of carbonyl (C=O) groups is 1. The van der Waals surface area contributed by atoms with Crippen LogP contribution < -0.4 is 5.32 Å². The van der Waals surface area contributed by atoms with E-state index in [2.05, 4.69) is 10.3 Å². The van der Waals surface area contributed by atoms with Gasteiger partial charge in [-0.2, -0.15) is 0 Å². The second-order valence-electron chi connectivity index (χ2n) is 3.85. The van der Waals surface area contributed by atoms with Gasteiger partial charge in [-0.15, -0.1) is 11.3 Å². The number of nitrogens with one attached hydrogen (secondary N) is 1. The highest BCUT2D eigenvalue weighted by Crippen LogP contribution is 2.32. The topological polar surface area (TPSA) is 62.2 Å². The molecule has 0 saturated heterocycles. The van der Waals surface area contributed by atoms with E-state index in [1.807, 2.05) is 5.38 Å². The fourth-order valence-electron chi connectivity index (χ4n) is 2.14. The predicted molar refractivity (Wildman–Crippen MR) is 59.1 cm³/mol. The number of carboxylic acid groups (broad SMARTS) is 1. The third-order valence-electron chi connectivity index (χ3n) is 2.92. The molecule has 82 valence electrons. The fraction of sp³-hybridized carbons (Fsp3) is 0.600. The van der Waals surface area contributed by atoms with Gasteiger partial charge < -0.3 is 10.4 Å². The Labute approximate surface area is 92.3 Å². The van der Waals surface area contributed by atoms with Crippen LogP contribution in [0.15, 0.2) is 11.6 Å². The first-order valence-electron chi connectivity index (χ1n) is 5.13. The molecule has 15 heavy (non-hydrogen) atoms. The Morgan fingerprint density at radius 2 is 2.53 bits per heavy atom. The van der Waals surface area contributed by atoms with Crippen LogP contribution in [0.25, 0.3) is 0 Å². The number of hydrogen-bond acceptors (Lipinski definition) is 4. The van der Waals surface area contributed by atoms with Gasteiger partial charge in [-0.3, -0.25) is 4.79 Å². The molecule has 1 saturated carbocycles. The second-order valence-corrected chi connectivity index (χ2v) is 4.75. The Balaban J connectivity index is 1.86. The molecule has 0 unspecified atom stereocenters. The zero-order chi connectivity index (χ0) is 10.7. The molecule has 4 nitrogen and oxygen atoms in total. The second kappa shape index (κ2) is 4.61.